The number of carbonyl (C=O) groups excluding carboxylic acids is 1. The number of nitrogen functional groups attached to an aromatic ring is 1. The number of alkyl halides is 1. The van der Waals surface area contributed by atoms with Gasteiger partial charge in [-0.25, -0.2) is 0 Å². The first-order chi connectivity index (χ1) is 6.02. The minimum atomic E-state index is -0.160. The number of hydrogen-bond acceptors (Lipinski definition) is 2. The van der Waals surface area contributed by atoms with Gasteiger partial charge in [-0.1, -0.05) is 22.0 Å². The Balaban J connectivity index is 3.04. The maximum Gasteiger partial charge on any atom is 0.176 e. The molecule has 0 aliphatic carbocycles. The molecule has 4 heteroatoms. The zero-order valence-electron chi connectivity index (χ0n) is 7.05. The van der Waals surface area contributed by atoms with Gasteiger partial charge in [0, 0.05) is 14.8 Å². The zero-order chi connectivity index (χ0) is 10.0. The lowest BCUT2D eigenvalue weighted by atomic mass is 10.1. The number of hydrogen-bond donors (Lipinski definition) is 1. The molecular weight excluding hydrogens is 345 g/mol. The molecule has 0 aliphatic heterocycles. The second-order valence-corrected chi connectivity index (χ2v) is 5.25. The van der Waals surface area contributed by atoms with Crippen molar-refractivity contribution >= 4 is 50.0 Å². The van der Waals surface area contributed by atoms with E-state index in [1.54, 1.807) is 19.1 Å². The van der Waals surface area contributed by atoms with Crippen LogP contribution in [0.15, 0.2) is 18.2 Å². The van der Waals surface area contributed by atoms with Gasteiger partial charge < -0.3 is 5.73 Å². The third kappa shape index (κ3) is 2.67. The fourth-order valence-electron chi connectivity index (χ4n) is 0.927. The van der Waals surface area contributed by atoms with Crippen molar-refractivity contribution in [3.05, 3.63) is 27.3 Å². The van der Waals surface area contributed by atoms with Crippen LogP contribution >= 0.6 is 38.5 Å². The average molecular weight is 354 g/mol. The molecule has 0 fully saturated rings. The second kappa shape index (κ2) is 4.41. The third-order valence-electron chi connectivity index (χ3n) is 1.64. The monoisotopic (exact) mass is 353 g/mol. The molecule has 0 radical (unpaired) electrons. The Hall–Kier alpha value is -0.100. The summed E-state index contributed by atoms with van der Waals surface area (Å²) in [5.74, 6) is 0.0584. The van der Waals surface area contributed by atoms with Crippen LogP contribution in [-0.4, -0.2) is 10.6 Å². The summed E-state index contributed by atoms with van der Waals surface area (Å²) in [6, 6.07) is 5.35. The molecule has 0 spiro atoms. The van der Waals surface area contributed by atoms with E-state index in [-0.39, 0.29) is 10.6 Å². The predicted octanol–water partition coefficient (Wildman–Crippen LogP) is 2.84. The van der Waals surface area contributed by atoms with Gasteiger partial charge in [0.05, 0.1) is 4.83 Å². The SMILES string of the molecule is CC(Br)C(=O)c1ccc(I)c(N)c1. The molecule has 1 aromatic rings. The fraction of sp³-hybridized carbons (Fsp3) is 0.222. The number of anilines is 1. The summed E-state index contributed by atoms with van der Waals surface area (Å²) in [6.45, 7) is 1.80. The van der Waals surface area contributed by atoms with E-state index in [0.29, 0.717) is 11.3 Å². The van der Waals surface area contributed by atoms with Gasteiger partial charge >= 0.3 is 0 Å². The maximum absolute atomic E-state index is 11.5. The number of benzene rings is 1. The smallest absolute Gasteiger partial charge is 0.176 e. The van der Waals surface area contributed by atoms with E-state index in [4.69, 9.17) is 5.73 Å². The van der Waals surface area contributed by atoms with Crippen molar-refractivity contribution in [2.45, 2.75) is 11.8 Å². The van der Waals surface area contributed by atoms with Crippen LogP contribution in [0.25, 0.3) is 0 Å². The first-order valence-corrected chi connectivity index (χ1v) is 5.75. The lowest BCUT2D eigenvalue weighted by Crippen LogP contribution is -2.10. The topological polar surface area (TPSA) is 43.1 Å². The molecule has 0 saturated carbocycles. The molecule has 2 N–H and O–H groups in total. The van der Waals surface area contributed by atoms with Crippen LogP contribution in [0.3, 0.4) is 0 Å². The van der Waals surface area contributed by atoms with E-state index in [2.05, 4.69) is 38.5 Å². The van der Waals surface area contributed by atoms with E-state index in [9.17, 15) is 4.79 Å². The van der Waals surface area contributed by atoms with E-state index >= 15 is 0 Å². The minimum Gasteiger partial charge on any atom is -0.398 e. The van der Waals surface area contributed by atoms with Gasteiger partial charge in [0.1, 0.15) is 0 Å². The van der Waals surface area contributed by atoms with Crippen LogP contribution in [0.2, 0.25) is 0 Å². The Morgan fingerprint density at radius 2 is 2.23 bits per heavy atom. The molecule has 1 aromatic carbocycles. The second-order valence-electron chi connectivity index (χ2n) is 2.72. The number of Topliss-reactive ketones (excluding diaryl/α,β-unsaturated/α-hetero) is 1. The first-order valence-electron chi connectivity index (χ1n) is 3.75. The number of ketones is 1. The van der Waals surface area contributed by atoms with Crippen molar-refractivity contribution in [2.24, 2.45) is 0 Å². The molecule has 1 atom stereocenters. The summed E-state index contributed by atoms with van der Waals surface area (Å²) < 4.78 is 0.969. The normalized spacial score (nSPS) is 12.5. The molecule has 0 bridgehead atoms. The number of rotatable bonds is 2. The molecule has 0 amide bonds. The lowest BCUT2D eigenvalue weighted by molar-refractivity contribution is 0.0996. The van der Waals surface area contributed by atoms with E-state index in [1.165, 1.54) is 0 Å². The highest BCUT2D eigenvalue weighted by Crippen LogP contribution is 2.18. The van der Waals surface area contributed by atoms with Crippen LogP contribution < -0.4 is 5.73 Å². The van der Waals surface area contributed by atoms with Crippen LogP contribution in [0, 0.1) is 3.57 Å². The summed E-state index contributed by atoms with van der Waals surface area (Å²) >= 11 is 5.36. The van der Waals surface area contributed by atoms with Gasteiger partial charge in [-0.3, -0.25) is 4.79 Å². The Morgan fingerprint density at radius 1 is 1.62 bits per heavy atom. The van der Waals surface area contributed by atoms with E-state index in [0.717, 1.165) is 3.57 Å². The van der Waals surface area contributed by atoms with E-state index < -0.39 is 0 Å². The van der Waals surface area contributed by atoms with Crippen LogP contribution in [0.4, 0.5) is 5.69 Å². The highest BCUT2D eigenvalue weighted by molar-refractivity contribution is 14.1. The Morgan fingerprint density at radius 3 is 2.69 bits per heavy atom. The summed E-state index contributed by atoms with van der Waals surface area (Å²) in [5.41, 5.74) is 6.99. The maximum atomic E-state index is 11.5. The molecular formula is C9H9BrINO. The average Bonchev–Trinajstić information content (AvgIpc) is 2.08. The quantitative estimate of drug-likeness (QED) is 0.384. The fourth-order valence-corrected chi connectivity index (χ4v) is 1.53. The Kier molecular flexibility index (Phi) is 3.73. The van der Waals surface area contributed by atoms with Crippen molar-refractivity contribution < 1.29 is 4.79 Å². The summed E-state index contributed by atoms with van der Waals surface area (Å²) in [5, 5.41) is 0. The number of halogens is 2. The van der Waals surface area contributed by atoms with E-state index in [1.807, 2.05) is 6.07 Å². The van der Waals surface area contributed by atoms with Gasteiger partial charge in [-0.15, -0.1) is 0 Å². The molecule has 1 unspecified atom stereocenters. The predicted molar refractivity (Wildman–Crippen MR) is 66.3 cm³/mol. The number of nitrogens with two attached hydrogens (primary N) is 1. The van der Waals surface area contributed by atoms with Gasteiger partial charge in [0.15, 0.2) is 5.78 Å². The summed E-state index contributed by atoms with van der Waals surface area (Å²) in [4.78, 5) is 11.3. The standard InChI is InChI=1S/C9H9BrINO/c1-5(10)9(13)6-2-3-7(11)8(12)4-6/h2-5H,12H2,1H3. The van der Waals surface area contributed by atoms with Gasteiger partial charge in [0.2, 0.25) is 0 Å². The third-order valence-corrected chi connectivity index (χ3v) is 3.04. The van der Waals surface area contributed by atoms with Crippen molar-refractivity contribution in [3.63, 3.8) is 0 Å². The largest absolute Gasteiger partial charge is 0.398 e. The van der Waals surface area contributed by atoms with Crippen LogP contribution in [0.1, 0.15) is 17.3 Å². The van der Waals surface area contributed by atoms with Crippen LogP contribution in [0.5, 0.6) is 0 Å². The van der Waals surface area contributed by atoms with Crippen molar-refractivity contribution in [2.75, 3.05) is 5.73 Å². The molecule has 2 nitrogen and oxygen atoms in total. The summed E-state index contributed by atoms with van der Waals surface area (Å²) in [7, 11) is 0. The number of carbonyl (C=O) groups is 1. The Bertz CT molecular complexity index is 338. The van der Waals surface area contributed by atoms with Crippen LogP contribution in [-0.2, 0) is 0 Å². The highest BCUT2D eigenvalue weighted by Gasteiger charge is 2.12. The molecule has 0 saturated heterocycles. The molecule has 1 rings (SSSR count). The first kappa shape index (κ1) is 11.0. The molecule has 70 valence electrons. The van der Waals surface area contributed by atoms with Crippen molar-refractivity contribution in [1.29, 1.82) is 0 Å². The summed E-state index contributed by atoms with van der Waals surface area (Å²) in [6.07, 6.45) is 0. The van der Waals surface area contributed by atoms with Crippen molar-refractivity contribution in [3.8, 4) is 0 Å². The highest BCUT2D eigenvalue weighted by atomic mass is 127. The lowest BCUT2D eigenvalue weighted by Gasteiger charge is -2.04. The van der Waals surface area contributed by atoms with Gasteiger partial charge in [-0.2, -0.15) is 0 Å². The van der Waals surface area contributed by atoms with Gasteiger partial charge in [-0.05, 0) is 41.6 Å². The Labute approximate surface area is 99.2 Å². The zero-order valence-corrected chi connectivity index (χ0v) is 10.8. The minimum absolute atomic E-state index is 0.0584. The van der Waals surface area contributed by atoms with Crippen molar-refractivity contribution in [1.82, 2.24) is 0 Å². The molecule has 0 aromatic heterocycles. The van der Waals surface area contributed by atoms with Gasteiger partial charge in [0.25, 0.3) is 0 Å². The molecule has 0 aliphatic rings. The molecule has 13 heavy (non-hydrogen) atoms. The molecule has 0 heterocycles.